The molecule has 2 amide bonds. The second-order valence-corrected chi connectivity index (χ2v) is 7.09. The number of esters is 1. The molecule has 4 rings (SSSR count). The summed E-state index contributed by atoms with van der Waals surface area (Å²) in [6.07, 6.45) is 5.03. The van der Waals surface area contributed by atoms with Gasteiger partial charge in [-0.25, -0.2) is 0 Å². The summed E-state index contributed by atoms with van der Waals surface area (Å²) in [5.41, 5.74) is 0. The lowest BCUT2D eigenvalue weighted by Gasteiger charge is -2.14. The Labute approximate surface area is 168 Å². The molecular formula is C23H21NO5. The quantitative estimate of drug-likeness (QED) is 0.325. The van der Waals surface area contributed by atoms with E-state index in [0.29, 0.717) is 30.1 Å². The number of nitrogens with zero attached hydrogens (tertiary/aromatic N) is 1. The second kappa shape index (κ2) is 8.31. The molecule has 2 aromatic rings. The zero-order chi connectivity index (χ0) is 20.2. The fraction of sp³-hybridized carbons (Fsp3) is 0.261. The van der Waals surface area contributed by atoms with Crippen molar-refractivity contribution in [3.8, 4) is 17.2 Å². The summed E-state index contributed by atoms with van der Waals surface area (Å²) in [6.45, 7) is 0.0543. The molecule has 0 saturated carbocycles. The first kappa shape index (κ1) is 18.9. The van der Waals surface area contributed by atoms with E-state index in [1.807, 2.05) is 42.5 Å². The van der Waals surface area contributed by atoms with Gasteiger partial charge in [0.2, 0.25) is 11.8 Å². The maximum Gasteiger partial charge on any atom is 0.312 e. The van der Waals surface area contributed by atoms with Gasteiger partial charge >= 0.3 is 5.97 Å². The Hall–Kier alpha value is -3.41. The third-order valence-corrected chi connectivity index (χ3v) is 5.17. The van der Waals surface area contributed by atoms with E-state index in [2.05, 4.69) is 0 Å². The predicted molar refractivity (Wildman–Crippen MR) is 105 cm³/mol. The molecule has 1 fully saturated rings. The number of rotatable bonds is 6. The topological polar surface area (TPSA) is 72.9 Å². The molecule has 1 aliphatic carbocycles. The molecule has 0 radical (unpaired) electrons. The minimum atomic E-state index is -0.490. The summed E-state index contributed by atoms with van der Waals surface area (Å²) in [4.78, 5) is 38.2. The van der Waals surface area contributed by atoms with Crippen LogP contribution >= 0.6 is 0 Å². The van der Waals surface area contributed by atoms with Crippen molar-refractivity contribution in [1.29, 1.82) is 0 Å². The predicted octanol–water partition coefficient (Wildman–Crippen LogP) is 3.73. The summed E-state index contributed by atoms with van der Waals surface area (Å²) in [5, 5.41) is 0. The van der Waals surface area contributed by atoms with E-state index in [1.54, 1.807) is 24.3 Å². The molecule has 1 heterocycles. The highest BCUT2D eigenvalue weighted by Crippen LogP contribution is 2.35. The molecule has 2 aliphatic rings. The number of allylic oxidation sites excluding steroid dienone is 2. The maximum atomic E-state index is 12.4. The number of para-hydroxylation sites is 1. The number of ether oxygens (including phenoxy) is 2. The molecule has 0 spiro atoms. The first-order valence-corrected chi connectivity index (χ1v) is 9.65. The van der Waals surface area contributed by atoms with Crippen LogP contribution in [0.5, 0.6) is 17.2 Å². The Morgan fingerprint density at radius 3 is 2.00 bits per heavy atom. The van der Waals surface area contributed by atoms with Crippen molar-refractivity contribution in [1.82, 2.24) is 4.90 Å². The number of hydrogen-bond acceptors (Lipinski definition) is 5. The van der Waals surface area contributed by atoms with Crippen LogP contribution in [0.1, 0.15) is 19.3 Å². The van der Waals surface area contributed by atoms with E-state index in [9.17, 15) is 14.4 Å². The summed E-state index contributed by atoms with van der Waals surface area (Å²) in [5.74, 6) is 0.316. The standard InChI is InChI=1S/C23H21NO5/c25-21(14-15-24-22(26)19-8-4-5-9-20(19)23(24)27)29-18-12-10-17(11-13-18)28-16-6-2-1-3-7-16/h1-7,10-13,19-20H,8-9,14-15H2/t19-,20-/m1/s1. The smallest absolute Gasteiger partial charge is 0.312 e. The summed E-state index contributed by atoms with van der Waals surface area (Å²) >= 11 is 0. The van der Waals surface area contributed by atoms with Crippen molar-refractivity contribution in [3.05, 3.63) is 66.7 Å². The highest BCUT2D eigenvalue weighted by molar-refractivity contribution is 6.05. The molecule has 6 heteroatoms. The number of carbonyl (C=O) groups is 3. The molecule has 0 N–H and O–H groups in total. The zero-order valence-corrected chi connectivity index (χ0v) is 15.8. The van der Waals surface area contributed by atoms with Crippen LogP contribution in [0, 0.1) is 11.8 Å². The molecule has 0 bridgehead atoms. The van der Waals surface area contributed by atoms with E-state index in [1.165, 1.54) is 4.90 Å². The highest BCUT2D eigenvalue weighted by atomic mass is 16.5. The van der Waals surface area contributed by atoms with E-state index in [0.717, 1.165) is 0 Å². The van der Waals surface area contributed by atoms with Crippen LogP contribution in [0.4, 0.5) is 0 Å². The zero-order valence-electron chi connectivity index (χ0n) is 15.8. The van der Waals surface area contributed by atoms with Crippen LogP contribution in [-0.2, 0) is 14.4 Å². The van der Waals surface area contributed by atoms with E-state index in [-0.39, 0.29) is 36.6 Å². The van der Waals surface area contributed by atoms with Gasteiger partial charge in [0, 0.05) is 6.54 Å². The van der Waals surface area contributed by atoms with Crippen LogP contribution in [0.2, 0.25) is 0 Å². The summed E-state index contributed by atoms with van der Waals surface area (Å²) in [6, 6.07) is 16.1. The van der Waals surface area contributed by atoms with Gasteiger partial charge in [0.05, 0.1) is 18.3 Å². The van der Waals surface area contributed by atoms with Gasteiger partial charge in [0.15, 0.2) is 0 Å². The lowest BCUT2D eigenvalue weighted by Crippen LogP contribution is -2.33. The van der Waals surface area contributed by atoms with Gasteiger partial charge in [0.25, 0.3) is 0 Å². The normalized spacial score (nSPS) is 20.5. The van der Waals surface area contributed by atoms with Crippen LogP contribution in [-0.4, -0.2) is 29.2 Å². The minimum Gasteiger partial charge on any atom is -0.457 e. The highest BCUT2D eigenvalue weighted by Gasteiger charge is 2.46. The Morgan fingerprint density at radius 2 is 1.38 bits per heavy atom. The van der Waals surface area contributed by atoms with E-state index >= 15 is 0 Å². The lowest BCUT2D eigenvalue weighted by molar-refractivity contribution is -0.141. The minimum absolute atomic E-state index is 0.0351. The Kier molecular flexibility index (Phi) is 5.42. The Bertz CT molecular complexity index is 910. The molecule has 1 aliphatic heterocycles. The van der Waals surface area contributed by atoms with Crippen molar-refractivity contribution in [2.45, 2.75) is 19.3 Å². The molecule has 1 saturated heterocycles. The van der Waals surface area contributed by atoms with Crippen molar-refractivity contribution in [2.24, 2.45) is 11.8 Å². The SMILES string of the molecule is O=C(CCN1C(=O)[C@@H]2CC=CC[C@H]2C1=O)Oc1ccc(Oc2ccccc2)cc1. The number of benzene rings is 2. The van der Waals surface area contributed by atoms with Gasteiger partial charge in [-0.15, -0.1) is 0 Å². The Morgan fingerprint density at radius 1 is 0.828 bits per heavy atom. The largest absolute Gasteiger partial charge is 0.457 e. The molecule has 2 aromatic carbocycles. The molecule has 0 unspecified atom stereocenters. The number of hydrogen-bond donors (Lipinski definition) is 0. The monoisotopic (exact) mass is 391 g/mol. The number of amides is 2. The van der Waals surface area contributed by atoms with Gasteiger partial charge < -0.3 is 9.47 Å². The third kappa shape index (κ3) is 4.21. The molecule has 0 aromatic heterocycles. The lowest BCUT2D eigenvalue weighted by atomic mass is 9.85. The van der Waals surface area contributed by atoms with E-state index < -0.39 is 5.97 Å². The summed E-state index contributed by atoms with van der Waals surface area (Å²) in [7, 11) is 0. The maximum absolute atomic E-state index is 12.4. The molecule has 148 valence electrons. The van der Waals surface area contributed by atoms with Gasteiger partial charge in [-0.05, 0) is 49.2 Å². The van der Waals surface area contributed by atoms with Crippen molar-refractivity contribution in [2.75, 3.05) is 6.54 Å². The Balaban J connectivity index is 1.29. The summed E-state index contributed by atoms with van der Waals surface area (Å²) < 4.78 is 11.0. The van der Waals surface area contributed by atoms with Crippen LogP contribution in [0.25, 0.3) is 0 Å². The number of carbonyl (C=O) groups excluding carboxylic acids is 3. The number of imide groups is 1. The van der Waals surface area contributed by atoms with Crippen molar-refractivity contribution in [3.63, 3.8) is 0 Å². The first-order valence-electron chi connectivity index (χ1n) is 9.65. The van der Waals surface area contributed by atoms with Crippen LogP contribution < -0.4 is 9.47 Å². The molecule has 6 nitrogen and oxygen atoms in total. The van der Waals surface area contributed by atoms with Crippen molar-refractivity contribution < 1.29 is 23.9 Å². The van der Waals surface area contributed by atoms with Gasteiger partial charge in [-0.1, -0.05) is 30.4 Å². The molecule has 2 atom stereocenters. The van der Waals surface area contributed by atoms with Crippen LogP contribution in [0.3, 0.4) is 0 Å². The molecule has 29 heavy (non-hydrogen) atoms. The van der Waals surface area contributed by atoms with Gasteiger partial charge in [0.1, 0.15) is 17.2 Å². The second-order valence-electron chi connectivity index (χ2n) is 7.09. The average molecular weight is 391 g/mol. The molecular weight excluding hydrogens is 370 g/mol. The van der Waals surface area contributed by atoms with Crippen molar-refractivity contribution >= 4 is 17.8 Å². The fourth-order valence-corrected chi connectivity index (χ4v) is 3.68. The van der Waals surface area contributed by atoms with Gasteiger partial charge in [-0.2, -0.15) is 0 Å². The first-order chi connectivity index (χ1) is 14.1. The number of fused-ring (bicyclic) bond motifs is 1. The number of likely N-dealkylation sites (tertiary alicyclic amines) is 1. The average Bonchev–Trinajstić information content (AvgIpc) is 2.99. The third-order valence-electron chi connectivity index (χ3n) is 5.17. The van der Waals surface area contributed by atoms with Gasteiger partial charge in [-0.3, -0.25) is 19.3 Å². The fourth-order valence-electron chi connectivity index (χ4n) is 3.68. The van der Waals surface area contributed by atoms with E-state index in [4.69, 9.17) is 9.47 Å². The van der Waals surface area contributed by atoms with Crippen LogP contribution in [0.15, 0.2) is 66.7 Å².